The lowest BCUT2D eigenvalue weighted by Crippen LogP contribution is -2.45. The second kappa shape index (κ2) is 41.1. The summed E-state index contributed by atoms with van der Waals surface area (Å²) in [6, 6.07) is -0.646. The number of carbonyl (C=O) groups excluding carboxylic acids is 2. The predicted octanol–water partition coefficient (Wildman–Crippen LogP) is 12.4. The van der Waals surface area contributed by atoms with Crippen molar-refractivity contribution in [3.8, 4) is 0 Å². The summed E-state index contributed by atoms with van der Waals surface area (Å²) in [4.78, 5) is 24.3. The third kappa shape index (κ3) is 37.9. The van der Waals surface area contributed by atoms with Crippen LogP contribution in [0, 0.1) is 0 Å². The summed E-state index contributed by atoms with van der Waals surface area (Å²) < 4.78 is 5.43. The Morgan fingerprint density at radius 2 is 0.922 bits per heavy atom. The maximum Gasteiger partial charge on any atom is 0.305 e. The Balaban J connectivity index is 3.54. The van der Waals surface area contributed by atoms with Gasteiger partial charge >= 0.3 is 5.97 Å². The van der Waals surface area contributed by atoms with E-state index in [9.17, 15) is 19.8 Å². The van der Waals surface area contributed by atoms with Crippen molar-refractivity contribution in [2.24, 2.45) is 0 Å². The van der Waals surface area contributed by atoms with Crippen molar-refractivity contribution in [3.63, 3.8) is 0 Å². The highest BCUT2D eigenvalue weighted by Gasteiger charge is 2.18. The number of amides is 1. The van der Waals surface area contributed by atoms with Crippen LogP contribution in [0.1, 0.15) is 226 Å². The summed E-state index contributed by atoms with van der Waals surface area (Å²) in [6.45, 7) is 4.79. The van der Waals surface area contributed by atoms with Crippen molar-refractivity contribution in [3.05, 3.63) is 24.3 Å². The first-order chi connectivity index (χ1) is 25.0. The highest BCUT2D eigenvalue weighted by molar-refractivity contribution is 5.76. The van der Waals surface area contributed by atoms with Crippen LogP contribution in [0.4, 0.5) is 0 Å². The normalized spacial score (nSPS) is 12.9. The van der Waals surface area contributed by atoms with Gasteiger partial charge in [-0.15, -0.1) is 0 Å². The van der Waals surface area contributed by atoms with E-state index in [0.29, 0.717) is 19.4 Å². The number of esters is 1. The van der Waals surface area contributed by atoms with Crippen molar-refractivity contribution < 1.29 is 24.5 Å². The quantitative estimate of drug-likeness (QED) is 0.0333. The van der Waals surface area contributed by atoms with E-state index in [2.05, 4.69) is 31.3 Å². The fourth-order valence-electron chi connectivity index (χ4n) is 6.51. The Morgan fingerprint density at radius 3 is 1.39 bits per heavy atom. The predicted molar refractivity (Wildman–Crippen MR) is 218 cm³/mol. The molecule has 2 unspecified atom stereocenters. The molecule has 6 nitrogen and oxygen atoms in total. The molecule has 0 aromatic heterocycles. The fourth-order valence-corrected chi connectivity index (χ4v) is 6.51. The Hall–Kier alpha value is -1.66. The van der Waals surface area contributed by atoms with Gasteiger partial charge in [-0.3, -0.25) is 9.59 Å². The number of aliphatic hydroxyl groups excluding tert-OH is 2. The molecule has 51 heavy (non-hydrogen) atoms. The smallest absolute Gasteiger partial charge is 0.305 e. The van der Waals surface area contributed by atoms with E-state index < -0.39 is 12.1 Å². The first-order valence-electron chi connectivity index (χ1n) is 22.1. The average Bonchev–Trinajstić information content (AvgIpc) is 3.13. The van der Waals surface area contributed by atoms with Crippen LogP contribution in [0.15, 0.2) is 24.3 Å². The van der Waals surface area contributed by atoms with Crippen LogP contribution in [0.2, 0.25) is 0 Å². The molecule has 0 aliphatic rings. The number of unbranched alkanes of at least 4 members (excludes halogenated alkanes) is 27. The molecule has 6 heteroatoms. The van der Waals surface area contributed by atoms with E-state index in [4.69, 9.17) is 4.74 Å². The van der Waals surface area contributed by atoms with Gasteiger partial charge in [-0.25, -0.2) is 0 Å². The molecular formula is C45H85NO5. The van der Waals surface area contributed by atoms with Gasteiger partial charge in [0.1, 0.15) is 0 Å². The summed E-state index contributed by atoms with van der Waals surface area (Å²) in [6.07, 6.45) is 45.8. The van der Waals surface area contributed by atoms with Crippen LogP contribution in [-0.2, 0) is 14.3 Å². The molecule has 0 spiro atoms. The van der Waals surface area contributed by atoms with Gasteiger partial charge < -0.3 is 20.3 Å². The van der Waals surface area contributed by atoms with Gasteiger partial charge in [0.15, 0.2) is 0 Å². The number of carbonyl (C=O) groups is 2. The monoisotopic (exact) mass is 720 g/mol. The van der Waals surface area contributed by atoms with Gasteiger partial charge in [-0.1, -0.05) is 179 Å². The van der Waals surface area contributed by atoms with Gasteiger partial charge in [0, 0.05) is 12.8 Å². The van der Waals surface area contributed by atoms with Crippen molar-refractivity contribution in [1.82, 2.24) is 5.32 Å². The van der Waals surface area contributed by atoms with E-state index in [1.807, 2.05) is 6.08 Å². The zero-order valence-corrected chi connectivity index (χ0v) is 33.8. The van der Waals surface area contributed by atoms with Crippen molar-refractivity contribution in [1.29, 1.82) is 0 Å². The molecule has 1 amide bonds. The van der Waals surface area contributed by atoms with E-state index in [1.54, 1.807) is 6.08 Å². The molecule has 0 aliphatic carbocycles. The zero-order valence-electron chi connectivity index (χ0n) is 33.8. The van der Waals surface area contributed by atoms with Gasteiger partial charge in [-0.2, -0.15) is 0 Å². The molecule has 0 fully saturated rings. The summed E-state index contributed by atoms with van der Waals surface area (Å²) in [5.41, 5.74) is 0. The van der Waals surface area contributed by atoms with Gasteiger partial charge in [0.2, 0.25) is 5.91 Å². The SMILES string of the molecule is CCCCCCC/C=C\CCCCCCCC(=O)OCCCCCCCCCCCC(=O)NC(CO)C(O)/C=C/CCCCCCCCCCC. The minimum atomic E-state index is -0.860. The molecule has 0 aromatic rings. The number of hydrogen-bond donors (Lipinski definition) is 3. The Labute approximate surface area is 316 Å². The molecule has 0 aliphatic heterocycles. The number of ether oxygens (including phenoxy) is 1. The lowest BCUT2D eigenvalue weighted by Gasteiger charge is -2.20. The molecule has 0 bridgehead atoms. The Bertz CT molecular complexity index is 797. The number of nitrogens with one attached hydrogen (secondary N) is 1. The van der Waals surface area contributed by atoms with Gasteiger partial charge in [0.05, 0.1) is 25.4 Å². The largest absolute Gasteiger partial charge is 0.466 e. The molecule has 0 aromatic carbocycles. The third-order valence-electron chi connectivity index (χ3n) is 9.97. The number of allylic oxidation sites excluding steroid dienone is 3. The van der Waals surface area contributed by atoms with Crippen LogP contribution in [0.25, 0.3) is 0 Å². The molecule has 0 radical (unpaired) electrons. The number of hydrogen-bond acceptors (Lipinski definition) is 5. The first kappa shape index (κ1) is 49.3. The van der Waals surface area contributed by atoms with E-state index >= 15 is 0 Å². The summed E-state index contributed by atoms with van der Waals surface area (Å²) >= 11 is 0. The lowest BCUT2D eigenvalue weighted by molar-refractivity contribution is -0.143. The molecule has 0 rings (SSSR count). The van der Waals surface area contributed by atoms with Gasteiger partial charge in [0.25, 0.3) is 0 Å². The second-order valence-electron chi connectivity index (χ2n) is 15.0. The minimum Gasteiger partial charge on any atom is -0.466 e. The summed E-state index contributed by atoms with van der Waals surface area (Å²) in [7, 11) is 0. The topological polar surface area (TPSA) is 95.9 Å². The third-order valence-corrected chi connectivity index (χ3v) is 9.97. The number of rotatable bonds is 40. The standard InChI is InChI=1S/C45H85NO5/c1-3-5-7-9-11-13-15-16-17-19-23-27-31-35-39-45(50)51-40-36-32-28-24-20-22-26-30-34-38-44(49)46-42(41-47)43(48)37-33-29-25-21-18-14-12-10-8-6-4-2/h15-16,33,37,42-43,47-48H,3-14,17-32,34-36,38-41H2,1-2H3,(H,46,49)/b16-15-,37-33+. The van der Waals surface area contributed by atoms with Crippen LogP contribution >= 0.6 is 0 Å². The highest BCUT2D eigenvalue weighted by atomic mass is 16.5. The van der Waals surface area contributed by atoms with Crippen LogP contribution < -0.4 is 5.32 Å². The molecule has 2 atom stereocenters. The molecule has 0 heterocycles. The molecule has 300 valence electrons. The van der Waals surface area contributed by atoms with E-state index in [1.165, 1.54) is 141 Å². The van der Waals surface area contributed by atoms with E-state index in [0.717, 1.165) is 57.8 Å². The van der Waals surface area contributed by atoms with Crippen molar-refractivity contribution in [2.75, 3.05) is 13.2 Å². The van der Waals surface area contributed by atoms with Crippen molar-refractivity contribution in [2.45, 2.75) is 238 Å². The molecule has 3 N–H and O–H groups in total. The zero-order chi connectivity index (χ0) is 37.3. The number of aliphatic hydroxyl groups is 2. The maximum atomic E-state index is 12.3. The Kier molecular flexibility index (Phi) is 39.8. The summed E-state index contributed by atoms with van der Waals surface area (Å²) in [5, 5.41) is 22.9. The van der Waals surface area contributed by atoms with Crippen LogP contribution in [0.5, 0.6) is 0 Å². The molecule has 0 saturated carbocycles. The maximum absolute atomic E-state index is 12.3. The van der Waals surface area contributed by atoms with Gasteiger partial charge in [-0.05, 0) is 57.8 Å². The highest BCUT2D eigenvalue weighted by Crippen LogP contribution is 2.14. The molecular weight excluding hydrogens is 634 g/mol. The lowest BCUT2D eigenvalue weighted by atomic mass is 10.1. The molecule has 0 saturated heterocycles. The Morgan fingerprint density at radius 1 is 0.529 bits per heavy atom. The first-order valence-corrected chi connectivity index (χ1v) is 22.1. The van der Waals surface area contributed by atoms with Crippen LogP contribution in [0.3, 0.4) is 0 Å². The minimum absolute atomic E-state index is 0.0370. The summed E-state index contributed by atoms with van der Waals surface area (Å²) in [5.74, 6) is -0.136. The average molecular weight is 720 g/mol. The second-order valence-corrected chi connectivity index (χ2v) is 15.0. The fraction of sp³-hybridized carbons (Fsp3) is 0.867. The van der Waals surface area contributed by atoms with Crippen LogP contribution in [-0.4, -0.2) is 47.4 Å². The van der Waals surface area contributed by atoms with E-state index in [-0.39, 0.29) is 18.5 Å². The van der Waals surface area contributed by atoms with Crippen molar-refractivity contribution >= 4 is 11.9 Å².